The summed E-state index contributed by atoms with van der Waals surface area (Å²) in [5.41, 5.74) is -0.506. The van der Waals surface area contributed by atoms with Crippen molar-refractivity contribution in [2.45, 2.75) is 41.9 Å². The highest BCUT2D eigenvalue weighted by Crippen LogP contribution is 2.41. The van der Waals surface area contributed by atoms with Crippen LogP contribution in [-0.2, 0) is 9.53 Å². The van der Waals surface area contributed by atoms with Gasteiger partial charge in [0.2, 0.25) is 0 Å². The molecule has 20 heavy (non-hydrogen) atoms. The number of methoxy groups -OCH3 is 1. The number of nitrogens with one attached hydrogen (secondary N) is 1. The molecule has 2 atom stereocenters. The number of likely N-dealkylation sites (N-methyl/N-ethyl adjacent to an activating group) is 1. The second-order valence-electron chi connectivity index (χ2n) is 5.04. The van der Waals surface area contributed by atoms with E-state index in [9.17, 15) is 4.79 Å². The first-order valence-corrected chi connectivity index (χ1v) is 8.11. The van der Waals surface area contributed by atoms with Crippen LogP contribution in [0.2, 0.25) is 5.02 Å². The van der Waals surface area contributed by atoms with Crippen molar-refractivity contribution in [1.82, 2.24) is 5.32 Å². The summed E-state index contributed by atoms with van der Waals surface area (Å²) in [5, 5.41) is 4.50. The summed E-state index contributed by atoms with van der Waals surface area (Å²) in [4.78, 5) is 13.2. The van der Waals surface area contributed by atoms with Gasteiger partial charge >= 0.3 is 5.97 Å². The van der Waals surface area contributed by atoms with Gasteiger partial charge in [0.05, 0.1) is 7.11 Å². The van der Waals surface area contributed by atoms with Crippen LogP contribution < -0.4 is 5.32 Å². The van der Waals surface area contributed by atoms with E-state index >= 15 is 0 Å². The smallest absolute Gasteiger partial charge is 0.326 e. The lowest BCUT2D eigenvalue weighted by atomic mass is 9.98. The second-order valence-corrected chi connectivity index (χ2v) is 6.85. The molecule has 1 aromatic carbocycles. The topological polar surface area (TPSA) is 38.3 Å². The maximum absolute atomic E-state index is 12.1. The number of hydrogen-bond donors (Lipinski definition) is 1. The molecule has 1 fully saturated rings. The number of ether oxygens (including phenoxy) is 1. The van der Waals surface area contributed by atoms with E-state index in [1.54, 1.807) is 0 Å². The van der Waals surface area contributed by atoms with Gasteiger partial charge in [-0.1, -0.05) is 18.5 Å². The molecule has 0 spiro atoms. The zero-order chi connectivity index (χ0) is 14.6. The molecular formula is C15H20ClNO2S. The maximum Gasteiger partial charge on any atom is 0.326 e. The van der Waals surface area contributed by atoms with Crippen molar-refractivity contribution in [3.05, 3.63) is 29.3 Å². The lowest BCUT2D eigenvalue weighted by molar-refractivity contribution is -0.148. The van der Waals surface area contributed by atoms with E-state index in [2.05, 4.69) is 5.32 Å². The summed E-state index contributed by atoms with van der Waals surface area (Å²) < 4.78 is 4.98. The highest BCUT2D eigenvalue weighted by Gasteiger charge is 2.45. The van der Waals surface area contributed by atoms with Gasteiger partial charge in [0, 0.05) is 15.2 Å². The number of rotatable bonds is 5. The fourth-order valence-corrected chi connectivity index (χ4v) is 4.17. The Bertz CT molecular complexity index is 465. The van der Waals surface area contributed by atoms with Crippen molar-refractivity contribution in [3.63, 3.8) is 0 Å². The molecule has 0 radical (unpaired) electrons. The molecule has 0 heterocycles. The molecule has 0 amide bonds. The Kier molecular flexibility index (Phi) is 5.35. The van der Waals surface area contributed by atoms with Gasteiger partial charge in [0.25, 0.3) is 0 Å². The zero-order valence-electron chi connectivity index (χ0n) is 11.8. The molecule has 3 nitrogen and oxygen atoms in total. The number of thioether (sulfide) groups is 1. The van der Waals surface area contributed by atoms with Gasteiger partial charge in [0.15, 0.2) is 0 Å². The van der Waals surface area contributed by atoms with Crippen LogP contribution in [-0.4, -0.2) is 30.4 Å². The molecular weight excluding hydrogens is 294 g/mol. The summed E-state index contributed by atoms with van der Waals surface area (Å²) in [6, 6.07) is 7.85. The fourth-order valence-electron chi connectivity index (χ4n) is 2.76. The summed E-state index contributed by atoms with van der Waals surface area (Å²) in [5.74, 6) is -0.140. The third kappa shape index (κ3) is 3.48. The minimum absolute atomic E-state index is 0.140. The molecule has 2 rings (SSSR count). The lowest BCUT2D eigenvalue weighted by Crippen LogP contribution is -2.50. The fraction of sp³-hybridized carbons (Fsp3) is 0.533. The number of halogens is 1. The number of carbonyl (C=O) groups excluding carboxylic acids is 1. The molecule has 0 bridgehead atoms. The standard InChI is InChI=1S/C15H20ClNO2S/c1-3-17-15(14(18)19-2)9-8-13(10-15)20-12-6-4-11(16)5-7-12/h4-7,13,17H,3,8-10H2,1-2H3. The van der Waals surface area contributed by atoms with Crippen LogP contribution in [0, 0.1) is 0 Å². The Balaban J connectivity index is 2.02. The first kappa shape index (κ1) is 15.7. The summed E-state index contributed by atoms with van der Waals surface area (Å²) >= 11 is 7.70. The lowest BCUT2D eigenvalue weighted by Gasteiger charge is -2.27. The first-order chi connectivity index (χ1) is 9.59. The second kappa shape index (κ2) is 6.83. The molecule has 1 aromatic rings. The van der Waals surface area contributed by atoms with Crippen molar-refractivity contribution < 1.29 is 9.53 Å². The van der Waals surface area contributed by atoms with Gasteiger partial charge in [-0.3, -0.25) is 4.79 Å². The maximum atomic E-state index is 12.1. The quantitative estimate of drug-likeness (QED) is 0.844. The molecule has 110 valence electrons. The van der Waals surface area contributed by atoms with Crippen LogP contribution in [0.3, 0.4) is 0 Å². The molecule has 0 saturated heterocycles. The first-order valence-electron chi connectivity index (χ1n) is 6.85. The van der Waals surface area contributed by atoms with E-state index in [0.29, 0.717) is 5.25 Å². The van der Waals surface area contributed by atoms with Crippen molar-refractivity contribution >= 4 is 29.3 Å². The molecule has 1 saturated carbocycles. The molecule has 0 aromatic heterocycles. The Hall–Kier alpha value is -0.710. The third-order valence-electron chi connectivity index (χ3n) is 3.68. The summed E-state index contributed by atoms with van der Waals surface area (Å²) in [6.07, 6.45) is 2.65. The van der Waals surface area contributed by atoms with Crippen LogP contribution in [0.15, 0.2) is 29.2 Å². The average molecular weight is 314 g/mol. The van der Waals surface area contributed by atoms with Crippen LogP contribution in [0.4, 0.5) is 0 Å². The number of esters is 1. The van der Waals surface area contributed by atoms with E-state index in [1.807, 2.05) is 43.0 Å². The SMILES string of the molecule is CCNC1(C(=O)OC)CCC(Sc2ccc(Cl)cc2)C1. The molecule has 1 aliphatic carbocycles. The highest BCUT2D eigenvalue weighted by molar-refractivity contribution is 8.00. The van der Waals surface area contributed by atoms with E-state index in [0.717, 1.165) is 30.8 Å². The Morgan fingerprint density at radius 2 is 2.20 bits per heavy atom. The van der Waals surface area contributed by atoms with Gasteiger partial charge in [-0.2, -0.15) is 0 Å². The van der Waals surface area contributed by atoms with Crippen molar-refractivity contribution in [1.29, 1.82) is 0 Å². The minimum atomic E-state index is -0.506. The molecule has 1 aliphatic rings. The number of carbonyl (C=O) groups is 1. The van der Waals surface area contributed by atoms with Gasteiger partial charge in [-0.15, -0.1) is 11.8 Å². The molecule has 1 N–H and O–H groups in total. The minimum Gasteiger partial charge on any atom is -0.468 e. The van der Waals surface area contributed by atoms with Crippen LogP contribution in [0.1, 0.15) is 26.2 Å². The summed E-state index contributed by atoms with van der Waals surface area (Å²) in [7, 11) is 1.46. The van der Waals surface area contributed by atoms with E-state index < -0.39 is 5.54 Å². The highest BCUT2D eigenvalue weighted by atomic mass is 35.5. The van der Waals surface area contributed by atoms with Gasteiger partial charge in [0.1, 0.15) is 5.54 Å². The monoisotopic (exact) mass is 313 g/mol. The largest absolute Gasteiger partial charge is 0.468 e. The Morgan fingerprint density at radius 1 is 1.50 bits per heavy atom. The van der Waals surface area contributed by atoms with Gasteiger partial charge in [-0.05, 0) is 50.1 Å². The number of benzene rings is 1. The zero-order valence-corrected chi connectivity index (χ0v) is 13.4. The van der Waals surface area contributed by atoms with Crippen LogP contribution in [0.5, 0.6) is 0 Å². The third-order valence-corrected chi connectivity index (χ3v) is 5.21. The van der Waals surface area contributed by atoms with Crippen molar-refractivity contribution in [2.75, 3.05) is 13.7 Å². The van der Waals surface area contributed by atoms with E-state index in [4.69, 9.17) is 16.3 Å². The number of hydrogen-bond acceptors (Lipinski definition) is 4. The van der Waals surface area contributed by atoms with Gasteiger partial charge < -0.3 is 10.1 Å². The summed E-state index contributed by atoms with van der Waals surface area (Å²) in [6.45, 7) is 2.79. The van der Waals surface area contributed by atoms with Gasteiger partial charge in [-0.25, -0.2) is 0 Å². The Labute approximate surface area is 129 Å². The average Bonchev–Trinajstić information content (AvgIpc) is 2.85. The Morgan fingerprint density at radius 3 is 2.80 bits per heavy atom. The van der Waals surface area contributed by atoms with Crippen LogP contribution >= 0.6 is 23.4 Å². The van der Waals surface area contributed by atoms with E-state index in [-0.39, 0.29) is 5.97 Å². The predicted molar refractivity (Wildman–Crippen MR) is 83.4 cm³/mol. The van der Waals surface area contributed by atoms with Crippen molar-refractivity contribution in [3.8, 4) is 0 Å². The normalized spacial score (nSPS) is 25.6. The molecule has 5 heteroatoms. The van der Waals surface area contributed by atoms with Crippen molar-refractivity contribution in [2.24, 2.45) is 0 Å². The predicted octanol–water partition coefficient (Wildman–Crippen LogP) is 3.51. The van der Waals surface area contributed by atoms with Crippen LogP contribution in [0.25, 0.3) is 0 Å². The molecule has 2 unspecified atom stereocenters. The van der Waals surface area contributed by atoms with E-state index in [1.165, 1.54) is 12.0 Å². The molecule has 0 aliphatic heterocycles.